The largest absolute Gasteiger partial charge is 0.339 e. The van der Waals surface area contributed by atoms with Crippen LogP contribution >= 0.6 is 31.9 Å². The molecule has 0 bridgehead atoms. The van der Waals surface area contributed by atoms with E-state index in [0.717, 1.165) is 53.4 Å². The summed E-state index contributed by atoms with van der Waals surface area (Å²) in [6, 6.07) is 0. The van der Waals surface area contributed by atoms with Crippen LogP contribution in [-0.2, 0) is 0 Å². The molecule has 0 atom stereocenters. The van der Waals surface area contributed by atoms with E-state index in [1.54, 1.807) is 24.8 Å². The Labute approximate surface area is 139 Å². The van der Waals surface area contributed by atoms with Gasteiger partial charge in [0.25, 0.3) is 0 Å². The van der Waals surface area contributed by atoms with Gasteiger partial charge >= 0.3 is 0 Å². The van der Waals surface area contributed by atoms with Crippen molar-refractivity contribution in [1.82, 2.24) is 19.9 Å². The molecule has 2 aromatic heterocycles. The fourth-order valence-electron chi connectivity index (χ4n) is 2.25. The van der Waals surface area contributed by atoms with Gasteiger partial charge in [-0.2, -0.15) is 0 Å². The molecule has 0 amide bonds. The molecular weight excluding hydrogens is 400 g/mol. The molecule has 0 aromatic carbocycles. The molecule has 0 aliphatic carbocycles. The van der Waals surface area contributed by atoms with Crippen molar-refractivity contribution in [2.24, 2.45) is 0 Å². The Morgan fingerprint density at radius 2 is 1.05 bits per heavy atom. The average molecular weight is 414 g/mol. The maximum Gasteiger partial charge on any atom is 0.225 e. The SMILES string of the molecule is Brc1cnc(N2CCCN(c3ncc(Br)cn3)CC2)nc1. The van der Waals surface area contributed by atoms with Crippen LogP contribution in [0.5, 0.6) is 0 Å². The molecule has 1 saturated heterocycles. The number of hydrogen-bond acceptors (Lipinski definition) is 6. The molecule has 0 saturated carbocycles. The average Bonchev–Trinajstić information content (AvgIpc) is 2.75. The van der Waals surface area contributed by atoms with Crippen molar-refractivity contribution in [1.29, 1.82) is 0 Å². The van der Waals surface area contributed by atoms with Crippen molar-refractivity contribution in [3.63, 3.8) is 0 Å². The molecular formula is C13H14Br2N6. The molecule has 3 rings (SSSR count). The number of halogens is 2. The zero-order valence-corrected chi connectivity index (χ0v) is 14.5. The van der Waals surface area contributed by atoms with E-state index in [4.69, 9.17) is 0 Å². The second kappa shape index (κ2) is 6.65. The lowest BCUT2D eigenvalue weighted by Gasteiger charge is -2.21. The predicted octanol–water partition coefficient (Wildman–Crippen LogP) is 2.51. The summed E-state index contributed by atoms with van der Waals surface area (Å²) in [5.41, 5.74) is 0. The van der Waals surface area contributed by atoms with E-state index in [1.165, 1.54) is 0 Å². The molecule has 3 heterocycles. The summed E-state index contributed by atoms with van der Waals surface area (Å²) in [6.45, 7) is 3.60. The van der Waals surface area contributed by atoms with Crippen molar-refractivity contribution in [2.75, 3.05) is 36.0 Å². The molecule has 0 N–H and O–H groups in total. The summed E-state index contributed by atoms with van der Waals surface area (Å²) < 4.78 is 1.79. The van der Waals surface area contributed by atoms with Crippen LogP contribution in [0.3, 0.4) is 0 Å². The van der Waals surface area contributed by atoms with Gasteiger partial charge in [0.2, 0.25) is 11.9 Å². The summed E-state index contributed by atoms with van der Waals surface area (Å²) in [4.78, 5) is 21.9. The van der Waals surface area contributed by atoms with Crippen LogP contribution < -0.4 is 9.80 Å². The number of aromatic nitrogens is 4. The van der Waals surface area contributed by atoms with E-state index in [9.17, 15) is 0 Å². The first-order valence-electron chi connectivity index (χ1n) is 6.67. The third-order valence-corrected chi connectivity index (χ3v) is 4.09. The number of nitrogens with zero attached hydrogens (tertiary/aromatic N) is 6. The maximum atomic E-state index is 4.36. The van der Waals surface area contributed by atoms with E-state index in [-0.39, 0.29) is 0 Å². The quantitative estimate of drug-likeness (QED) is 0.753. The Hall–Kier alpha value is -1.28. The minimum atomic E-state index is 0.775. The normalized spacial score (nSPS) is 15.9. The van der Waals surface area contributed by atoms with Crippen LogP contribution in [0.1, 0.15) is 6.42 Å². The maximum absolute atomic E-state index is 4.36. The molecule has 110 valence electrons. The Morgan fingerprint density at radius 1 is 0.667 bits per heavy atom. The van der Waals surface area contributed by atoms with Gasteiger partial charge in [0.05, 0.1) is 8.95 Å². The highest BCUT2D eigenvalue weighted by Gasteiger charge is 2.18. The highest BCUT2D eigenvalue weighted by Crippen LogP contribution is 2.16. The van der Waals surface area contributed by atoms with Gasteiger partial charge in [-0.25, -0.2) is 19.9 Å². The lowest BCUT2D eigenvalue weighted by Crippen LogP contribution is -2.32. The second-order valence-electron chi connectivity index (χ2n) is 4.73. The Balaban J connectivity index is 1.69. The molecule has 8 heteroatoms. The van der Waals surface area contributed by atoms with E-state index < -0.39 is 0 Å². The highest BCUT2D eigenvalue weighted by molar-refractivity contribution is 9.10. The van der Waals surface area contributed by atoms with Gasteiger partial charge in [0.15, 0.2) is 0 Å². The summed E-state index contributed by atoms with van der Waals surface area (Å²) in [6.07, 6.45) is 8.15. The van der Waals surface area contributed by atoms with Crippen LogP contribution in [0, 0.1) is 0 Å². The van der Waals surface area contributed by atoms with Crippen molar-refractivity contribution < 1.29 is 0 Å². The highest BCUT2D eigenvalue weighted by atomic mass is 79.9. The van der Waals surface area contributed by atoms with E-state index in [0.29, 0.717) is 0 Å². The third-order valence-electron chi connectivity index (χ3n) is 3.27. The minimum absolute atomic E-state index is 0.775. The molecule has 1 aliphatic heterocycles. The van der Waals surface area contributed by atoms with Crippen LogP contribution in [0.15, 0.2) is 33.7 Å². The summed E-state index contributed by atoms with van der Waals surface area (Å²) in [7, 11) is 0. The number of rotatable bonds is 2. The molecule has 2 aromatic rings. The molecule has 1 fully saturated rings. The van der Waals surface area contributed by atoms with Gasteiger partial charge in [-0.15, -0.1) is 0 Å². The van der Waals surface area contributed by atoms with Crippen LogP contribution in [0.2, 0.25) is 0 Å². The van der Waals surface area contributed by atoms with Gasteiger partial charge in [-0.05, 0) is 38.3 Å². The molecule has 6 nitrogen and oxygen atoms in total. The monoisotopic (exact) mass is 412 g/mol. The number of anilines is 2. The smallest absolute Gasteiger partial charge is 0.225 e. The summed E-state index contributed by atoms with van der Waals surface area (Å²) in [5.74, 6) is 1.55. The zero-order chi connectivity index (χ0) is 14.7. The lowest BCUT2D eigenvalue weighted by atomic mass is 10.4. The number of hydrogen-bond donors (Lipinski definition) is 0. The molecule has 0 unspecified atom stereocenters. The second-order valence-corrected chi connectivity index (χ2v) is 6.56. The lowest BCUT2D eigenvalue weighted by molar-refractivity contribution is 0.778. The van der Waals surface area contributed by atoms with Gasteiger partial charge in [0.1, 0.15) is 0 Å². The Morgan fingerprint density at radius 3 is 1.43 bits per heavy atom. The van der Waals surface area contributed by atoms with Crippen LogP contribution in [-0.4, -0.2) is 46.1 Å². The van der Waals surface area contributed by atoms with Crippen molar-refractivity contribution in [3.8, 4) is 0 Å². The molecule has 21 heavy (non-hydrogen) atoms. The first kappa shape index (κ1) is 14.6. The third kappa shape index (κ3) is 3.68. The topological polar surface area (TPSA) is 58.0 Å². The minimum Gasteiger partial charge on any atom is -0.339 e. The van der Waals surface area contributed by atoms with E-state index >= 15 is 0 Å². The summed E-state index contributed by atoms with van der Waals surface area (Å²) in [5, 5.41) is 0. The van der Waals surface area contributed by atoms with Gasteiger partial charge in [-0.3, -0.25) is 0 Å². The van der Waals surface area contributed by atoms with Crippen LogP contribution in [0.25, 0.3) is 0 Å². The van der Waals surface area contributed by atoms with E-state index in [1.807, 2.05) is 0 Å². The van der Waals surface area contributed by atoms with Gasteiger partial charge in [-0.1, -0.05) is 0 Å². The Kier molecular flexibility index (Phi) is 4.64. The fourth-order valence-corrected chi connectivity index (χ4v) is 2.66. The first-order chi connectivity index (χ1) is 10.2. The van der Waals surface area contributed by atoms with Gasteiger partial charge < -0.3 is 9.80 Å². The zero-order valence-electron chi connectivity index (χ0n) is 11.3. The predicted molar refractivity (Wildman–Crippen MR) is 88.5 cm³/mol. The van der Waals surface area contributed by atoms with Crippen LogP contribution in [0.4, 0.5) is 11.9 Å². The van der Waals surface area contributed by atoms with Crippen molar-refractivity contribution >= 4 is 43.8 Å². The molecule has 0 spiro atoms. The Bertz CT molecular complexity index is 535. The molecule has 0 radical (unpaired) electrons. The first-order valence-corrected chi connectivity index (χ1v) is 8.26. The summed E-state index contributed by atoms with van der Waals surface area (Å²) >= 11 is 6.72. The fraction of sp³-hybridized carbons (Fsp3) is 0.385. The van der Waals surface area contributed by atoms with Gasteiger partial charge in [0, 0.05) is 51.0 Å². The van der Waals surface area contributed by atoms with Crippen molar-refractivity contribution in [3.05, 3.63) is 33.7 Å². The van der Waals surface area contributed by atoms with E-state index in [2.05, 4.69) is 61.6 Å². The molecule has 1 aliphatic rings. The van der Waals surface area contributed by atoms with Crippen molar-refractivity contribution in [2.45, 2.75) is 6.42 Å². The standard InChI is InChI=1S/C13H14Br2N6/c14-10-6-16-12(17-7-10)20-2-1-3-21(5-4-20)13-18-8-11(15)9-19-13/h6-9H,1-5H2.